The van der Waals surface area contributed by atoms with E-state index in [0.717, 1.165) is 23.8 Å². The minimum Gasteiger partial charge on any atom is -0.463 e. The number of esters is 2. The zero-order valence-corrected chi connectivity index (χ0v) is 20.5. The Morgan fingerprint density at radius 1 is 1.06 bits per heavy atom. The summed E-state index contributed by atoms with van der Waals surface area (Å²) >= 11 is 16.5. The van der Waals surface area contributed by atoms with Crippen LogP contribution in [0.15, 0.2) is 17.1 Å². The maximum Gasteiger partial charge on any atom is 0.351 e. The second kappa shape index (κ2) is 13.5. The van der Waals surface area contributed by atoms with Crippen molar-refractivity contribution in [3.05, 3.63) is 22.7 Å². The second-order valence-electron chi connectivity index (χ2n) is 7.82. The van der Waals surface area contributed by atoms with Crippen LogP contribution >= 0.6 is 34.8 Å². The summed E-state index contributed by atoms with van der Waals surface area (Å²) in [6, 6.07) is 1.36. The SMILES string of the molecule is Nc1ccn([C@@H]2O[C@H](COC(=O)CCCCCCCC(=O)OCC(Cl)(Cl)Cl)[C@@H](O)[C@@H]2O)c(=O)n1. The molecule has 192 valence electrons. The number of nitrogens with zero attached hydrogens (tertiary/aromatic N) is 2. The number of aliphatic hydroxyl groups excluding tert-OH is 2. The molecule has 0 spiro atoms. The first kappa shape index (κ1) is 28.6. The van der Waals surface area contributed by atoms with Crippen LogP contribution in [0.1, 0.15) is 51.2 Å². The Hall–Kier alpha value is -1.63. The molecule has 34 heavy (non-hydrogen) atoms. The van der Waals surface area contributed by atoms with E-state index < -0.39 is 46.0 Å². The molecule has 4 atom stereocenters. The van der Waals surface area contributed by atoms with E-state index in [-0.39, 0.29) is 31.9 Å². The van der Waals surface area contributed by atoms with Gasteiger partial charge in [0.25, 0.3) is 0 Å². The van der Waals surface area contributed by atoms with Gasteiger partial charge in [0.2, 0.25) is 3.79 Å². The number of carbonyl (C=O) groups excluding carboxylic acids is 2. The molecule has 1 aliphatic rings. The standard InChI is InChI=1S/C20H28Cl3N3O8/c21-20(22,23)11-33-15(28)7-5-3-1-2-4-6-14(27)32-10-12-16(29)17(30)18(34-12)26-9-8-13(24)25-19(26)31/h8-9,12,16-18,29-30H,1-7,10-11H2,(H2,24,25,31)/t12-,16-,17+,18-/m1/s1. The van der Waals surface area contributed by atoms with E-state index in [0.29, 0.717) is 12.8 Å². The van der Waals surface area contributed by atoms with E-state index in [4.69, 9.17) is 54.7 Å². The van der Waals surface area contributed by atoms with Gasteiger partial charge in [-0.3, -0.25) is 14.2 Å². The van der Waals surface area contributed by atoms with Crippen molar-refractivity contribution in [2.45, 2.75) is 73.3 Å². The largest absolute Gasteiger partial charge is 0.463 e. The van der Waals surface area contributed by atoms with Crippen LogP contribution in [0.2, 0.25) is 0 Å². The number of hydrogen-bond donors (Lipinski definition) is 3. The predicted octanol–water partition coefficient (Wildman–Crippen LogP) is 1.63. The lowest BCUT2D eigenvalue weighted by Crippen LogP contribution is -2.36. The lowest BCUT2D eigenvalue weighted by molar-refractivity contribution is -0.150. The highest BCUT2D eigenvalue weighted by Gasteiger charge is 2.44. The Balaban J connectivity index is 1.60. The van der Waals surface area contributed by atoms with Crippen molar-refractivity contribution in [1.82, 2.24) is 9.55 Å². The molecule has 2 heterocycles. The van der Waals surface area contributed by atoms with Crippen LogP contribution in [0, 0.1) is 0 Å². The Morgan fingerprint density at radius 2 is 1.65 bits per heavy atom. The van der Waals surface area contributed by atoms with Crippen LogP contribution in [-0.2, 0) is 23.8 Å². The number of aromatic nitrogens is 2. The van der Waals surface area contributed by atoms with Crippen LogP contribution in [0.5, 0.6) is 0 Å². The average Bonchev–Trinajstić information content (AvgIpc) is 3.03. The average molecular weight is 545 g/mol. The number of nitrogens with two attached hydrogens (primary N) is 1. The Bertz CT molecular complexity index is 879. The van der Waals surface area contributed by atoms with Crippen molar-refractivity contribution in [2.75, 3.05) is 18.9 Å². The maximum atomic E-state index is 12.0. The van der Waals surface area contributed by atoms with Gasteiger partial charge >= 0.3 is 17.6 Å². The molecule has 0 aliphatic carbocycles. The fraction of sp³-hybridized carbons (Fsp3) is 0.700. The van der Waals surface area contributed by atoms with Crippen LogP contribution in [-0.4, -0.2) is 67.0 Å². The normalized spacial score (nSPS) is 22.5. The Morgan fingerprint density at radius 3 is 2.24 bits per heavy atom. The number of anilines is 1. The molecule has 0 unspecified atom stereocenters. The van der Waals surface area contributed by atoms with E-state index in [1.165, 1.54) is 12.3 Å². The van der Waals surface area contributed by atoms with E-state index in [9.17, 15) is 24.6 Å². The lowest BCUT2D eigenvalue weighted by Gasteiger charge is -2.16. The molecule has 0 radical (unpaired) electrons. The monoisotopic (exact) mass is 543 g/mol. The van der Waals surface area contributed by atoms with E-state index in [1.54, 1.807) is 0 Å². The molecule has 1 aromatic rings. The maximum absolute atomic E-state index is 12.0. The number of ether oxygens (including phenoxy) is 3. The predicted molar refractivity (Wildman–Crippen MR) is 123 cm³/mol. The Kier molecular flexibility index (Phi) is 11.3. The summed E-state index contributed by atoms with van der Waals surface area (Å²) in [5, 5.41) is 20.4. The quantitative estimate of drug-likeness (QED) is 0.200. The van der Waals surface area contributed by atoms with Crippen molar-refractivity contribution < 1.29 is 34.0 Å². The summed E-state index contributed by atoms with van der Waals surface area (Å²) in [4.78, 5) is 39.0. The minimum absolute atomic E-state index is 0.0132. The molecule has 1 saturated heterocycles. The van der Waals surface area contributed by atoms with Crippen LogP contribution in [0.25, 0.3) is 0 Å². The second-order valence-corrected chi connectivity index (χ2v) is 10.3. The van der Waals surface area contributed by atoms with Crippen LogP contribution < -0.4 is 11.4 Å². The van der Waals surface area contributed by atoms with E-state index in [2.05, 4.69) is 4.98 Å². The first-order valence-corrected chi connectivity index (χ1v) is 11.9. The molecule has 4 N–H and O–H groups in total. The molecule has 0 bridgehead atoms. The molecule has 1 fully saturated rings. The molecular weight excluding hydrogens is 517 g/mol. The van der Waals surface area contributed by atoms with Crippen molar-refractivity contribution >= 4 is 52.6 Å². The molecular formula is C20H28Cl3N3O8. The molecule has 2 rings (SSSR count). The number of unbranched alkanes of at least 4 members (excludes halogenated alkanes) is 4. The zero-order valence-electron chi connectivity index (χ0n) is 18.3. The molecule has 0 aromatic carbocycles. The fourth-order valence-corrected chi connectivity index (χ4v) is 3.43. The number of rotatable bonds is 12. The summed E-state index contributed by atoms with van der Waals surface area (Å²) < 4.78 is 14.9. The number of carbonyl (C=O) groups is 2. The summed E-state index contributed by atoms with van der Waals surface area (Å²) in [6.45, 7) is -0.570. The highest BCUT2D eigenvalue weighted by molar-refractivity contribution is 6.67. The summed E-state index contributed by atoms with van der Waals surface area (Å²) in [5.41, 5.74) is 4.70. The van der Waals surface area contributed by atoms with Gasteiger partial charge in [-0.25, -0.2) is 4.79 Å². The lowest BCUT2D eigenvalue weighted by atomic mass is 10.1. The van der Waals surface area contributed by atoms with Gasteiger partial charge in [-0.15, -0.1) is 0 Å². The smallest absolute Gasteiger partial charge is 0.351 e. The third kappa shape index (κ3) is 9.55. The topological polar surface area (TPSA) is 163 Å². The van der Waals surface area contributed by atoms with Gasteiger partial charge in [0.15, 0.2) is 6.23 Å². The zero-order chi connectivity index (χ0) is 25.3. The fourth-order valence-electron chi connectivity index (χ4n) is 3.27. The number of alkyl halides is 3. The summed E-state index contributed by atoms with van der Waals surface area (Å²) in [5.74, 6) is -0.898. The van der Waals surface area contributed by atoms with E-state index >= 15 is 0 Å². The van der Waals surface area contributed by atoms with Gasteiger partial charge in [0.05, 0.1) is 0 Å². The van der Waals surface area contributed by atoms with E-state index in [1.807, 2.05) is 0 Å². The van der Waals surface area contributed by atoms with Crippen LogP contribution in [0.3, 0.4) is 0 Å². The first-order chi connectivity index (χ1) is 16.0. The highest BCUT2D eigenvalue weighted by Crippen LogP contribution is 2.29. The van der Waals surface area contributed by atoms with Crippen molar-refractivity contribution in [2.24, 2.45) is 0 Å². The Labute approximate surface area is 211 Å². The minimum atomic E-state index is -1.62. The molecule has 14 heteroatoms. The number of nitrogen functional groups attached to an aromatic ring is 1. The third-order valence-electron chi connectivity index (χ3n) is 5.03. The van der Waals surface area contributed by atoms with Gasteiger partial charge in [-0.05, 0) is 18.9 Å². The van der Waals surface area contributed by atoms with Gasteiger partial charge in [0, 0.05) is 19.0 Å². The summed E-state index contributed by atoms with van der Waals surface area (Å²) in [7, 11) is 0. The first-order valence-electron chi connectivity index (χ1n) is 10.7. The van der Waals surface area contributed by atoms with Gasteiger partial charge < -0.3 is 30.2 Å². The van der Waals surface area contributed by atoms with Crippen molar-refractivity contribution in [3.63, 3.8) is 0 Å². The van der Waals surface area contributed by atoms with Crippen molar-refractivity contribution in [1.29, 1.82) is 0 Å². The summed E-state index contributed by atoms with van der Waals surface area (Å²) in [6.07, 6.45) is 0.287. The number of halogens is 3. The highest BCUT2D eigenvalue weighted by atomic mass is 35.6. The van der Waals surface area contributed by atoms with Crippen molar-refractivity contribution in [3.8, 4) is 0 Å². The molecule has 0 amide bonds. The third-order valence-corrected chi connectivity index (χ3v) is 5.36. The molecule has 11 nitrogen and oxygen atoms in total. The van der Waals surface area contributed by atoms with Gasteiger partial charge in [0.1, 0.15) is 37.3 Å². The van der Waals surface area contributed by atoms with Crippen LogP contribution in [0.4, 0.5) is 5.82 Å². The van der Waals surface area contributed by atoms with Gasteiger partial charge in [-0.2, -0.15) is 4.98 Å². The van der Waals surface area contributed by atoms with Gasteiger partial charge in [-0.1, -0.05) is 54.1 Å². The molecule has 1 aliphatic heterocycles. The molecule has 0 saturated carbocycles. The number of aliphatic hydroxyl groups is 2. The number of hydrogen-bond acceptors (Lipinski definition) is 10. The molecule has 1 aromatic heterocycles.